The van der Waals surface area contributed by atoms with Crippen molar-refractivity contribution in [3.63, 3.8) is 0 Å². The molecule has 18 nitrogen and oxygen atoms in total. The number of imide groups is 1. The Morgan fingerprint density at radius 1 is 0.633 bits per heavy atom. The van der Waals surface area contributed by atoms with Gasteiger partial charge in [0.15, 0.2) is 6.67 Å². The Morgan fingerprint density at radius 3 is 1.27 bits per heavy atom. The number of hydrogen-bond donors (Lipinski definition) is 2. The number of isocyanates is 5. The summed E-state index contributed by atoms with van der Waals surface area (Å²) in [5.74, 6) is 0. The predicted molar refractivity (Wildman–Crippen MR) is 87.6 cm³/mol. The largest absolute Gasteiger partial charge is 0.412 e. The van der Waals surface area contributed by atoms with Crippen LogP contribution in [0.1, 0.15) is 0 Å². The molecular formula is C12H12N8O10. The highest BCUT2D eigenvalue weighted by Crippen LogP contribution is 1.92. The zero-order chi connectivity index (χ0) is 22.8. The number of aliphatic imine (C=N–C) groups is 5. The fourth-order valence-electron chi connectivity index (χ4n) is 0.883. The Morgan fingerprint density at radius 2 is 0.967 bits per heavy atom. The number of carbonyl (C=O) groups excluding carboxylic acids is 9. The van der Waals surface area contributed by atoms with Crippen LogP contribution in [0.5, 0.6) is 0 Å². The summed E-state index contributed by atoms with van der Waals surface area (Å²) in [5, 5.41) is 4.13. The summed E-state index contributed by atoms with van der Waals surface area (Å²) in [4.78, 5) is 103. The molecule has 0 aliphatic heterocycles. The lowest BCUT2D eigenvalue weighted by Crippen LogP contribution is -2.48. The Labute approximate surface area is 165 Å². The standard InChI is InChI=1S/C8H8N6O5.C3H2N2O2.CO2.H2O/c15-4-9-1-12-7(18)14(3-11-6-17)8(19)13-2-10-5-16;6-2-4-1-5-3-7;2-1-3;/h1-3H2,(H,12,18)(H,13,19);1H2;;1H2. The van der Waals surface area contributed by atoms with Crippen LogP contribution >= 0.6 is 0 Å². The molecule has 0 aromatic rings. The normalized spacial score (nSPS) is 6.67. The van der Waals surface area contributed by atoms with Gasteiger partial charge in [-0.2, -0.15) is 34.6 Å². The van der Waals surface area contributed by atoms with Gasteiger partial charge in [-0.1, -0.05) is 0 Å². The van der Waals surface area contributed by atoms with Crippen molar-refractivity contribution in [3.05, 3.63) is 0 Å². The topological polar surface area (TPSA) is 274 Å². The molecule has 0 aromatic carbocycles. The number of rotatable bonds is 8. The molecule has 0 aliphatic carbocycles. The average Bonchev–Trinajstić information content (AvgIpc) is 2.70. The van der Waals surface area contributed by atoms with E-state index in [1.807, 2.05) is 0 Å². The number of nitrogens with one attached hydrogen (secondary N) is 2. The summed E-state index contributed by atoms with van der Waals surface area (Å²) < 4.78 is 0. The van der Waals surface area contributed by atoms with E-state index in [9.17, 15) is 33.6 Å². The Kier molecular flexibility index (Phi) is 31.3. The zero-order valence-electron chi connectivity index (χ0n) is 14.7. The van der Waals surface area contributed by atoms with E-state index in [0.29, 0.717) is 4.90 Å². The second-order valence-electron chi connectivity index (χ2n) is 3.32. The molecule has 0 aromatic heterocycles. The fourth-order valence-corrected chi connectivity index (χ4v) is 0.883. The SMILES string of the molecule is O.O=C=NCN=C=O.O=C=NCNC(=O)N(CN=C=O)C(=O)NCN=C=O.O=C=O. The van der Waals surface area contributed by atoms with Gasteiger partial charge in [-0.15, -0.1) is 0 Å². The zero-order valence-corrected chi connectivity index (χ0v) is 14.7. The summed E-state index contributed by atoms with van der Waals surface area (Å²) in [5.41, 5.74) is 0. The molecule has 18 heteroatoms. The van der Waals surface area contributed by atoms with E-state index in [-0.39, 0.29) is 18.3 Å². The van der Waals surface area contributed by atoms with Crippen LogP contribution in [0.3, 0.4) is 0 Å². The highest BCUT2D eigenvalue weighted by Gasteiger charge is 2.20. The third-order valence-corrected chi connectivity index (χ3v) is 1.79. The molecule has 0 bridgehead atoms. The summed E-state index contributed by atoms with van der Waals surface area (Å²) >= 11 is 0. The predicted octanol–water partition coefficient (Wildman–Crippen LogP) is -3.21. The molecule has 0 spiro atoms. The third kappa shape index (κ3) is 25.2. The van der Waals surface area contributed by atoms with Crippen LogP contribution in [0.2, 0.25) is 0 Å². The average molecular weight is 428 g/mol. The van der Waals surface area contributed by atoms with Crippen molar-refractivity contribution in [2.24, 2.45) is 25.0 Å². The Bertz CT molecular complexity index is 742. The fraction of sp³-hybridized carbons (Fsp3) is 0.333. The molecule has 0 rings (SSSR count). The first kappa shape index (κ1) is 32.6. The molecule has 0 saturated carbocycles. The first-order valence-corrected chi connectivity index (χ1v) is 6.51. The van der Waals surface area contributed by atoms with E-state index in [4.69, 9.17) is 9.59 Å². The van der Waals surface area contributed by atoms with Crippen molar-refractivity contribution in [2.45, 2.75) is 0 Å². The summed E-state index contributed by atoms with van der Waals surface area (Å²) in [6.07, 6.45) is 6.15. The number of amides is 4. The van der Waals surface area contributed by atoms with Gasteiger partial charge < -0.3 is 16.1 Å². The maximum Gasteiger partial charge on any atom is 0.373 e. The molecule has 0 atom stereocenters. The smallest absolute Gasteiger partial charge is 0.373 e. The number of carbonyl (C=O) groups is 2. The van der Waals surface area contributed by atoms with E-state index >= 15 is 0 Å². The van der Waals surface area contributed by atoms with Crippen LogP contribution in [-0.2, 0) is 33.6 Å². The van der Waals surface area contributed by atoms with Crippen LogP contribution in [-0.4, -0.2) is 85.7 Å². The number of nitrogens with zero attached hydrogens (tertiary/aromatic N) is 6. The number of hydrogen-bond acceptors (Lipinski definition) is 14. The van der Waals surface area contributed by atoms with Gasteiger partial charge in [0, 0.05) is 0 Å². The van der Waals surface area contributed by atoms with Crippen molar-refractivity contribution >= 4 is 48.6 Å². The lowest BCUT2D eigenvalue weighted by molar-refractivity contribution is -0.191. The van der Waals surface area contributed by atoms with Gasteiger partial charge in [0.25, 0.3) is 0 Å². The van der Waals surface area contributed by atoms with Crippen molar-refractivity contribution in [1.82, 2.24) is 15.5 Å². The van der Waals surface area contributed by atoms with Gasteiger partial charge in [0.05, 0.1) is 0 Å². The van der Waals surface area contributed by atoms with Crippen molar-refractivity contribution in [1.29, 1.82) is 0 Å². The molecule has 30 heavy (non-hydrogen) atoms. The van der Waals surface area contributed by atoms with E-state index in [1.165, 1.54) is 24.3 Å². The Balaban J connectivity index is -0.000000256. The summed E-state index contributed by atoms with van der Waals surface area (Å²) in [6.45, 7) is -1.56. The van der Waals surface area contributed by atoms with Crippen molar-refractivity contribution in [2.75, 3.05) is 26.7 Å². The third-order valence-electron chi connectivity index (χ3n) is 1.79. The van der Waals surface area contributed by atoms with Gasteiger partial charge in [0.1, 0.15) is 20.0 Å². The molecule has 160 valence electrons. The molecular weight excluding hydrogens is 416 g/mol. The molecule has 4 N–H and O–H groups in total. The van der Waals surface area contributed by atoms with Gasteiger partial charge in [0.2, 0.25) is 30.4 Å². The molecule has 0 fully saturated rings. The quantitative estimate of drug-likeness (QED) is 0.290. The van der Waals surface area contributed by atoms with Crippen LogP contribution in [0.25, 0.3) is 0 Å². The first-order chi connectivity index (χ1) is 14.0. The maximum absolute atomic E-state index is 11.5. The Hall–Kier alpha value is -5.02. The second kappa shape index (κ2) is 28.8. The lowest BCUT2D eigenvalue weighted by atomic mass is 10.7. The van der Waals surface area contributed by atoms with Crippen molar-refractivity contribution in [3.8, 4) is 0 Å². The minimum absolute atomic E-state index is 0. The van der Waals surface area contributed by atoms with E-state index in [0.717, 1.165) is 6.08 Å². The number of urea groups is 2. The van der Waals surface area contributed by atoms with Crippen LogP contribution < -0.4 is 10.6 Å². The summed E-state index contributed by atoms with van der Waals surface area (Å²) in [7, 11) is 0. The van der Waals surface area contributed by atoms with Gasteiger partial charge in [-0.3, -0.25) is 0 Å². The van der Waals surface area contributed by atoms with Crippen LogP contribution in [0.15, 0.2) is 25.0 Å². The van der Waals surface area contributed by atoms with Crippen LogP contribution in [0, 0.1) is 0 Å². The van der Waals surface area contributed by atoms with Crippen molar-refractivity contribution < 1.29 is 48.6 Å². The monoisotopic (exact) mass is 428 g/mol. The molecule has 0 heterocycles. The van der Waals surface area contributed by atoms with Crippen LogP contribution in [0.4, 0.5) is 9.59 Å². The van der Waals surface area contributed by atoms with E-state index in [2.05, 4.69) is 35.6 Å². The van der Waals surface area contributed by atoms with Gasteiger partial charge in [-0.25, -0.2) is 38.5 Å². The highest BCUT2D eigenvalue weighted by atomic mass is 16.2. The highest BCUT2D eigenvalue weighted by molar-refractivity contribution is 5.93. The minimum Gasteiger partial charge on any atom is -0.412 e. The van der Waals surface area contributed by atoms with Gasteiger partial charge >= 0.3 is 18.2 Å². The lowest BCUT2D eigenvalue weighted by Gasteiger charge is -2.17. The minimum atomic E-state index is -0.967. The first-order valence-electron chi connectivity index (χ1n) is 6.51. The van der Waals surface area contributed by atoms with E-state index < -0.39 is 32.1 Å². The summed E-state index contributed by atoms with van der Waals surface area (Å²) in [6, 6.07) is -1.93. The maximum atomic E-state index is 11.5. The molecule has 0 aliphatic rings. The molecule has 4 amide bonds. The molecule has 0 unspecified atom stereocenters. The van der Waals surface area contributed by atoms with Gasteiger partial charge in [-0.05, 0) is 0 Å². The molecule has 0 saturated heterocycles. The van der Waals surface area contributed by atoms with E-state index in [1.54, 1.807) is 0 Å². The second-order valence-corrected chi connectivity index (χ2v) is 3.32. The molecule has 0 radical (unpaired) electrons.